The van der Waals surface area contributed by atoms with Gasteiger partial charge in [0.1, 0.15) is 22.7 Å². The van der Waals surface area contributed by atoms with Crippen LogP contribution in [0.5, 0.6) is 0 Å². The third-order valence-electron chi connectivity index (χ3n) is 7.62. The van der Waals surface area contributed by atoms with Crippen LogP contribution in [-0.2, 0) is 28.0 Å². The number of fused-ring (bicyclic) bond motifs is 2. The molecule has 0 saturated carbocycles. The Bertz CT molecular complexity index is 1850. The number of hydrogen-bond donors (Lipinski definition) is 3. The molecular weight excluding hydrogens is 540 g/mol. The first-order valence-electron chi connectivity index (χ1n) is 13.2. The number of benzene rings is 3. The molecule has 1 amide bonds. The fourth-order valence-electron chi connectivity index (χ4n) is 5.46. The topological polar surface area (TPSA) is 136 Å². The molecule has 3 aromatic carbocycles. The van der Waals surface area contributed by atoms with Gasteiger partial charge in [-0.2, -0.15) is 5.10 Å². The van der Waals surface area contributed by atoms with Gasteiger partial charge in [0.15, 0.2) is 5.82 Å². The maximum Gasteiger partial charge on any atom is 0.303 e. The van der Waals surface area contributed by atoms with Crippen molar-refractivity contribution >= 4 is 46.0 Å². The van der Waals surface area contributed by atoms with Crippen LogP contribution >= 0.6 is 11.6 Å². The Morgan fingerprint density at radius 2 is 1.85 bits per heavy atom. The lowest BCUT2D eigenvalue weighted by Crippen LogP contribution is -2.33. The molecule has 1 atom stereocenters. The predicted octanol–water partition coefficient (Wildman–Crippen LogP) is 5.36. The molecule has 1 aliphatic heterocycles. The molecule has 0 fully saturated rings. The fourth-order valence-corrected chi connectivity index (χ4v) is 5.63. The normalized spacial score (nSPS) is 16.1. The van der Waals surface area contributed by atoms with Crippen LogP contribution in [0.1, 0.15) is 41.2 Å². The Labute approximate surface area is 241 Å². The van der Waals surface area contributed by atoms with Gasteiger partial charge in [0.2, 0.25) is 5.91 Å². The molecule has 2 aromatic heterocycles. The van der Waals surface area contributed by atoms with E-state index in [0.29, 0.717) is 46.5 Å². The van der Waals surface area contributed by atoms with Gasteiger partial charge < -0.3 is 16.2 Å². The molecule has 0 bridgehead atoms. The number of carbonyl (C=O) groups is 2. The van der Waals surface area contributed by atoms with Crippen LogP contribution in [0.2, 0.25) is 5.02 Å². The molecule has 0 unspecified atom stereocenters. The van der Waals surface area contributed by atoms with E-state index in [1.165, 1.54) is 0 Å². The van der Waals surface area contributed by atoms with Crippen molar-refractivity contribution in [1.82, 2.24) is 19.7 Å². The molecule has 1 aliphatic rings. The van der Waals surface area contributed by atoms with Crippen LogP contribution in [0.3, 0.4) is 0 Å². The number of anilines is 2. The van der Waals surface area contributed by atoms with Gasteiger partial charge in [-0.3, -0.25) is 14.3 Å². The van der Waals surface area contributed by atoms with Crippen LogP contribution in [0.15, 0.2) is 66.7 Å². The largest absolute Gasteiger partial charge is 0.481 e. The van der Waals surface area contributed by atoms with E-state index in [1.807, 2.05) is 66.2 Å². The standard InChI is InChI=1S/C31H27ClN6O3/c1-17-4-3-5-19(14-17)16-38-23-15-21(32)11-12-22(23)26(37-38)29-34-27(33)25-28(35-29)36-30(41)31(25,2)20-9-6-18(7-10-20)8-13-24(39)40/h3-7,9-12,14-15H,8,13,16H2,1-2H3,(H,39,40)(H3,33,34,35,36,41)/t31-/m1/s1. The molecule has 0 spiro atoms. The van der Waals surface area contributed by atoms with Crippen molar-refractivity contribution in [3.8, 4) is 11.5 Å². The zero-order valence-corrected chi connectivity index (χ0v) is 23.2. The number of aryl methyl sites for hydroxylation is 2. The van der Waals surface area contributed by atoms with Gasteiger partial charge in [0, 0.05) is 16.8 Å². The lowest BCUT2D eigenvalue weighted by atomic mass is 9.77. The van der Waals surface area contributed by atoms with Gasteiger partial charge in [-0.05, 0) is 55.2 Å². The molecular formula is C31H27ClN6O3. The number of aromatic nitrogens is 4. The number of amides is 1. The molecule has 9 nitrogen and oxygen atoms in total. The number of nitrogen functional groups attached to an aromatic ring is 1. The Hall–Kier alpha value is -4.76. The number of nitrogens with zero attached hydrogens (tertiary/aromatic N) is 4. The van der Waals surface area contributed by atoms with Gasteiger partial charge in [0.05, 0.1) is 17.6 Å². The summed E-state index contributed by atoms with van der Waals surface area (Å²) in [5.41, 5.74) is 11.1. The van der Waals surface area contributed by atoms with E-state index in [-0.39, 0.29) is 18.1 Å². The van der Waals surface area contributed by atoms with Gasteiger partial charge in [-0.1, -0.05) is 65.7 Å². The van der Waals surface area contributed by atoms with Crippen molar-refractivity contribution in [2.45, 2.75) is 38.6 Å². The summed E-state index contributed by atoms with van der Waals surface area (Å²) in [6, 6.07) is 21.1. The second-order valence-corrected chi connectivity index (χ2v) is 10.9. The monoisotopic (exact) mass is 566 g/mol. The fraction of sp³-hybridized carbons (Fsp3) is 0.194. The minimum atomic E-state index is -1.12. The number of halogens is 1. The molecule has 0 radical (unpaired) electrons. The molecule has 0 aliphatic carbocycles. The lowest BCUT2D eigenvalue weighted by Gasteiger charge is -2.23. The zero-order chi connectivity index (χ0) is 28.9. The average molecular weight is 567 g/mol. The van der Waals surface area contributed by atoms with E-state index in [1.54, 1.807) is 13.0 Å². The molecule has 10 heteroatoms. The highest BCUT2D eigenvalue weighted by atomic mass is 35.5. The van der Waals surface area contributed by atoms with Crippen molar-refractivity contribution < 1.29 is 14.7 Å². The minimum Gasteiger partial charge on any atom is -0.481 e. The van der Waals surface area contributed by atoms with E-state index >= 15 is 0 Å². The van der Waals surface area contributed by atoms with Crippen LogP contribution in [0.25, 0.3) is 22.4 Å². The summed E-state index contributed by atoms with van der Waals surface area (Å²) >= 11 is 6.36. The van der Waals surface area contributed by atoms with E-state index < -0.39 is 11.4 Å². The van der Waals surface area contributed by atoms with E-state index in [4.69, 9.17) is 32.5 Å². The average Bonchev–Trinajstić information content (AvgIpc) is 3.42. The van der Waals surface area contributed by atoms with Crippen molar-refractivity contribution in [3.05, 3.63) is 99.6 Å². The van der Waals surface area contributed by atoms with Crippen molar-refractivity contribution in [3.63, 3.8) is 0 Å². The first kappa shape index (κ1) is 26.5. The van der Waals surface area contributed by atoms with Crippen LogP contribution in [0, 0.1) is 6.92 Å². The number of carboxylic acid groups (broad SMARTS) is 1. The zero-order valence-electron chi connectivity index (χ0n) is 22.5. The first-order valence-corrected chi connectivity index (χ1v) is 13.5. The van der Waals surface area contributed by atoms with E-state index in [0.717, 1.165) is 27.6 Å². The van der Waals surface area contributed by atoms with Gasteiger partial charge in [-0.25, -0.2) is 9.97 Å². The number of carbonyl (C=O) groups excluding carboxylic acids is 1. The van der Waals surface area contributed by atoms with Crippen LogP contribution < -0.4 is 11.1 Å². The summed E-state index contributed by atoms with van der Waals surface area (Å²) in [6.45, 7) is 4.36. The predicted molar refractivity (Wildman–Crippen MR) is 158 cm³/mol. The lowest BCUT2D eigenvalue weighted by molar-refractivity contribution is -0.137. The summed E-state index contributed by atoms with van der Waals surface area (Å²) in [5, 5.41) is 18.1. The number of nitrogens with two attached hydrogens (primary N) is 1. The Kier molecular flexibility index (Phi) is 6.46. The molecule has 3 heterocycles. The molecule has 4 N–H and O–H groups in total. The quantitative estimate of drug-likeness (QED) is 0.241. The van der Waals surface area contributed by atoms with Crippen molar-refractivity contribution in [2.75, 3.05) is 11.1 Å². The second-order valence-electron chi connectivity index (χ2n) is 10.5. The Morgan fingerprint density at radius 3 is 2.59 bits per heavy atom. The maximum absolute atomic E-state index is 13.4. The Balaban J connectivity index is 1.41. The van der Waals surface area contributed by atoms with Crippen molar-refractivity contribution in [1.29, 1.82) is 0 Å². The molecule has 206 valence electrons. The highest BCUT2D eigenvalue weighted by Gasteiger charge is 2.47. The summed E-state index contributed by atoms with van der Waals surface area (Å²) in [7, 11) is 0. The van der Waals surface area contributed by atoms with Crippen molar-refractivity contribution in [2.24, 2.45) is 0 Å². The number of hydrogen-bond acceptors (Lipinski definition) is 6. The molecule has 41 heavy (non-hydrogen) atoms. The van der Waals surface area contributed by atoms with Crippen LogP contribution in [0.4, 0.5) is 11.6 Å². The van der Waals surface area contributed by atoms with Crippen LogP contribution in [-0.4, -0.2) is 36.7 Å². The third-order valence-corrected chi connectivity index (χ3v) is 7.86. The second kappa shape index (κ2) is 10.0. The first-order chi connectivity index (χ1) is 19.6. The van der Waals surface area contributed by atoms with Gasteiger partial charge >= 0.3 is 5.97 Å². The summed E-state index contributed by atoms with van der Waals surface area (Å²) in [4.78, 5) is 33.7. The number of rotatable bonds is 7. The van der Waals surface area contributed by atoms with Gasteiger partial charge in [0.25, 0.3) is 0 Å². The molecule has 5 aromatic rings. The summed E-state index contributed by atoms with van der Waals surface area (Å²) in [5.74, 6) is -0.320. The Morgan fingerprint density at radius 1 is 1.07 bits per heavy atom. The summed E-state index contributed by atoms with van der Waals surface area (Å²) < 4.78 is 1.87. The number of aliphatic carboxylic acids is 1. The number of carboxylic acids is 1. The maximum atomic E-state index is 13.4. The highest BCUT2D eigenvalue weighted by Crippen LogP contribution is 2.45. The number of nitrogens with one attached hydrogen (secondary N) is 1. The minimum absolute atomic E-state index is 0.0329. The highest BCUT2D eigenvalue weighted by molar-refractivity contribution is 6.31. The SMILES string of the molecule is Cc1cccc(Cn2nc(-c3nc(N)c4c(n3)NC(=O)[C@]4(C)c3ccc(CCC(=O)O)cc3)c3ccc(Cl)cc32)c1. The molecule has 0 saturated heterocycles. The third kappa shape index (κ3) is 4.68. The smallest absolute Gasteiger partial charge is 0.303 e. The molecule has 6 rings (SSSR count). The van der Waals surface area contributed by atoms with E-state index in [2.05, 4.69) is 16.4 Å². The summed E-state index contributed by atoms with van der Waals surface area (Å²) in [6.07, 6.45) is 0.435. The van der Waals surface area contributed by atoms with E-state index in [9.17, 15) is 9.59 Å². The van der Waals surface area contributed by atoms with Gasteiger partial charge in [-0.15, -0.1) is 0 Å².